The SMILES string of the molecule is C=C1c2ccccc2C(=O)N1CC(=O)NCC(C)(O)c1cccs1. The van der Waals surface area contributed by atoms with E-state index in [2.05, 4.69) is 11.9 Å². The third kappa shape index (κ3) is 2.98. The molecule has 0 saturated heterocycles. The topological polar surface area (TPSA) is 69.6 Å². The van der Waals surface area contributed by atoms with Crippen molar-refractivity contribution in [3.63, 3.8) is 0 Å². The Morgan fingerprint density at radius 2 is 2.00 bits per heavy atom. The van der Waals surface area contributed by atoms with E-state index in [-0.39, 0.29) is 24.9 Å². The molecule has 1 unspecified atom stereocenters. The minimum absolute atomic E-state index is 0.0772. The molecule has 0 radical (unpaired) electrons. The van der Waals surface area contributed by atoms with E-state index in [1.54, 1.807) is 19.1 Å². The van der Waals surface area contributed by atoms with Gasteiger partial charge in [0.2, 0.25) is 5.91 Å². The second-order valence-electron chi connectivity index (χ2n) is 5.91. The Morgan fingerprint density at radius 1 is 1.29 bits per heavy atom. The summed E-state index contributed by atoms with van der Waals surface area (Å²) in [5.41, 5.74) is 0.691. The van der Waals surface area contributed by atoms with Gasteiger partial charge >= 0.3 is 0 Å². The Balaban J connectivity index is 1.62. The second-order valence-corrected chi connectivity index (χ2v) is 6.86. The van der Waals surface area contributed by atoms with Crippen LogP contribution in [0.5, 0.6) is 0 Å². The lowest BCUT2D eigenvalue weighted by molar-refractivity contribution is -0.122. The molecule has 2 amide bonds. The first-order chi connectivity index (χ1) is 11.4. The summed E-state index contributed by atoms with van der Waals surface area (Å²) in [4.78, 5) is 26.7. The van der Waals surface area contributed by atoms with Gasteiger partial charge in [0, 0.05) is 21.7 Å². The number of fused-ring (bicyclic) bond motifs is 1. The van der Waals surface area contributed by atoms with E-state index in [4.69, 9.17) is 0 Å². The van der Waals surface area contributed by atoms with Crippen molar-refractivity contribution in [2.24, 2.45) is 0 Å². The normalized spacial score (nSPS) is 16.0. The van der Waals surface area contributed by atoms with E-state index in [0.29, 0.717) is 11.3 Å². The van der Waals surface area contributed by atoms with Crippen molar-refractivity contribution < 1.29 is 14.7 Å². The summed E-state index contributed by atoms with van der Waals surface area (Å²) in [7, 11) is 0. The first-order valence-electron chi connectivity index (χ1n) is 7.53. The zero-order chi connectivity index (χ0) is 17.3. The van der Waals surface area contributed by atoms with Crippen molar-refractivity contribution in [2.75, 3.05) is 13.1 Å². The first-order valence-corrected chi connectivity index (χ1v) is 8.41. The first kappa shape index (κ1) is 16.4. The number of amides is 2. The summed E-state index contributed by atoms with van der Waals surface area (Å²) in [5, 5.41) is 15.0. The van der Waals surface area contributed by atoms with E-state index >= 15 is 0 Å². The van der Waals surface area contributed by atoms with Gasteiger partial charge in [0.05, 0.1) is 6.54 Å². The van der Waals surface area contributed by atoms with Gasteiger partial charge in [-0.25, -0.2) is 0 Å². The van der Waals surface area contributed by atoms with E-state index in [9.17, 15) is 14.7 Å². The molecule has 1 aliphatic rings. The number of rotatable bonds is 5. The molecule has 1 aromatic heterocycles. The molecule has 3 rings (SSSR count). The summed E-state index contributed by atoms with van der Waals surface area (Å²) in [6.45, 7) is 5.51. The maximum Gasteiger partial charge on any atom is 0.259 e. The highest BCUT2D eigenvalue weighted by atomic mass is 32.1. The lowest BCUT2D eigenvalue weighted by atomic mass is 10.1. The fraction of sp³-hybridized carbons (Fsp3) is 0.222. The lowest BCUT2D eigenvalue weighted by Crippen LogP contribution is -2.42. The summed E-state index contributed by atoms with van der Waals surface area (Å²) >= 11 is 1.43. The second kappa shape index (κ2) is 6.22. The lowest BCUT2D eigenvalue weighted by Gasteiger charge is -2.23. The van der Waals surface area contributed by atoms with Gasteiger partial charge < -0.3 is 10.4 Å². The molecule has 0 saturated carbocycles. The highest BCUT2D eigenvalue weighted by Gasteiger charge is 2.32. The summed E-state index contributed by atoms with van der Waals surface area (Å²) in [6.07, 6.45) is 0. The number of carbonyl (C=O) groups is 2. The number of benzene rings is 1. The van der Waals surface area contributed by atoms with Gasteiger partial charge in [-0.3, -0.25) is 14.5 Å². The van der Waals surface area contributed by atoms with Crippen LogP contribution in [0, 0.1) is 0 Å². The van der Waals surface area contributed by atoms with E-state index in [1.165, 1.54) is 16.2 Å². The predicted octanol–water partition coefficient (Wildman–Crippen LogP) is 2.20. The maximum atomic E-state index is 12.4. The Morgan fingerprint density at radius 3 is 2.62 bits per heavy atom. The molecule has 0 bridgehead atoms. The van der Waals surface area contributed by atoms with Crippen molar-refractivity contribution >= 4 is 28.8 Å². The van der Waals surface area contributed by atoms with Gasteiger partial charge in [-0.1, -0.05) is 30.8 Å². The smallest absolute Gasteiger partial charge is 0.259 e. The minimum atomic E-state index is -1.14. The van der Waals surface area contributed by atoms with E-state index < -0.39 is 5.60 Å². The highest BCUT2D eigenvalue weighted by Crippen LogP contribution is 2.30. The van der Waals surface area contributed by atoms with Crippen LogP contribution >= 0.6 is 11.3 Å². The van der Waals surface area contributed by atoms with Crippen molar-refractivity contribution in [1.82, 2.24) is 10.2 Å². The molecule has 6 heteroatoms. The summed E-state index contributed by atoms with van der Waals surface area (Å²) < 4.78 is 0. The van der Waals surface area contributed by atoms with Crippen molar-refractivity contribution in [3.8, 4) is 0 Å². The van der Waals surface area contributed by atoms with Gasteiger partial charge in [0.25, 0.3) is 5.91 Å². The third-order valence-electron chi connectivity index (χ3n) is 4.02. The number of carbonyl (C=O) groups excluding carboxylic acids is 2. The highest BCUT2D eigenvalue weighted by molar-refractivity contribution is 7.10. The molecule has 5 nitrogen and oxygen atoms in total. The maximum absolute atomic E-state index is 12.4. The molecule has 124 valence electrons. The van der Waals surface area contributed by atoms with Crippen LogP contribution in [0.4, 0.5) is 0 Å². The molecular weight excluding hydrogens is 324 g/mol. The molecule has 1 aromatic carbocycles. The quantitative estimate of drug-likeness (QED) is 0.875. The molecule has 1 aliphatic heterocycles. The fourth-order valence-electron chi connectivity index (χ4n) is 2.64. The number of aliphatic hydroxyl groups is 1. The van der Waals surface area contributed by atoms with Crippen LogP contribution in [0.25, 0.3) is 5.70 Å². The minimum Gasteiger partial charge on any atom is -0.383 e. The number of nitrogens with zero attached hydrogens (tertiary/aromatic N) is 1. The van der Waals surface area contributed by atoms with Crippen LogP contribution < -0.4 is 5.32 Å². The molecule has 24 heavy (non-hydrogen) atoms. The third-order valence-corrected chi connectivity index (χ3v) is 5.15. The van der Waals surface area contributed by atoms with Crippen LogP contribution in [0.2, 0.25) is 0 Å². The zero-order valence-corrected chi connectivity index (χ0v) is 14.1. The molecule has 0 spiro atoms. The van der Waals surface area contributed by atoms with Crippen LogP contribution in [0.3, 0.4) is 0 Å². The number of nitrogens with one attached hydrogen (secondary N) is 1. The van der Waals surface area contributed by atoms with Crippen LogP contribution in [-0.2, 0) is 10.4 Å². The number of hydrogen-bond donors (Lipinski definition) is 2. The van der Waals surface area contributed by atoms with Crippen LogP contribution in [0.15, 0.2) is 48.4 Å². The largest absolute Gasteiger partial charge is 0.383 e. The van der Waals surface area contributed by atoms with Crippen molar-refractivity contribution in [1.29, 1.82) is 0 Å². The molecule has 2 heterocycles. The van der Waals surface area contributed by atoms with Gasteiger partial charge in [0.15, 0.2) is 0 Å². The van der Waals surface area contributed by atoms with Crippen LogP contribution in [-0.4, -0.2) is 34.9 Å². The number of thiophene rings is 1. The van der Waals surface area contributed by atoms with Gasteiger partial charge in [0.1, 0.15) is 12.1 Å². The van der Waals surface area contributed by atoms with Crippen LogP contribution in [0.1, 0.15) is 27.7 Å². The van der Waals surface area contributed by atoms with Gasteiger partial charge in [-0.15, -0.1) is 11.3 Å². The Bertz CT molecular complexity index is 761. The molecule has 1 atom stereocenters. The zero-order valence-electron chi connectivity index (χ0n) is 13.3. The average molecular weight is 342 g/mol. The molecule has 2 aromatic rings. The van der Waals surface area contributed by atoms with Crippen molar-refractivity contribution in [2.45, 2.75) is 12.5 Å². The fourth-order valence-corrected chi connectivity index (χ4v) is 3.43. The number of hydrogen-bond acceptors (Lipinski definition) is 4. The van der Waals surface area contributed by atoms with Gasteiger partial charge in [-0.05, 0) is 24.4 Å². The average Bonchev–Trinajstić information content (AvgIpc) is 3.18. The summed E-state index contributed by atoms with van der Waals surface area (Å²) in [5.74, 6) is -0.565. The molecular formula is C18H18N2O3S. The molecule has 0 fully saturated rings. The Hall–Kier alpha value is -2.44. The van der Waals surface area contributed by atoms with E-state index in [1.807, 2.05) is 29.6 Å². The predicted molar refractivity (Wildman–Crippen MR) is 93.4 cm³/mol. The summed E-state index contributed by atoms with van der Waals surface area (Å²) in [6, 6.07) is 10.8. The van der Waals surface area contributed by atoms with E-state index in [0.717, 1.165) is 10.4 Å². The molecule has 0 aliphatic carbocycles. The Labute approximate surface area is 144 Å². The molecule has 2 N–H and O–H groups in total. The van der Waals surface area contributed by atoms with Gasteiger partial charge in [-0.2, -0.15) is 0 Å². The monoisotopic (exact) mass is 342 g/mol. The van der Waals surface area contributed by atoms with Crippen molar-refractivity contribution in [3.05, 3.63) is 64.4 Å². The standard InChI is InChI=1S/C18H18N2O3S/c1-12-13-6-3-4-7-14(13)17(22)20(12)10-16(21)19-11-18(2,23)15-8-5-9-24-15/h3-9,23H,1,10-11H2,2H3,(H,19,21). The Kier molecular flexibility index (Phi) is 4.26.